The van der Waals surface area contributed by atoms with Crippen LogP contribution in [-0.4, -0.2) is 86.2 Å². The molecule has 3 rings (SSSR count). The van der Waals surface area contributed by atoms with Gasteiger partial charge in [-0.3, -0.25) is 0 Å². The molecule has 1 saturated heterocycles. The van der Waals surface area contributed by atoms with E-state index >= 15 is 0 Å². The standard InChI is InChI=1S/C31H44N2O8S/c1-23(34)9-8-17-31(2,3)22-32(42(38,39)27-14-12-26(40-4)13-15-27)20-29(35)28(19-24-10-6-5-7-11-24)33(30(36)37)25-16-18-41-21-25/h5-7,10-15,25,28-29,35H,8-9,16-22H2,1-4H3,(H,36,37)/p-1/t25-,28-,29+/m0/s1. The van der Waals surface area contributed by atoms with Crippen LogP contribution < -0.4 is 9.84 Å². The Morgan fingerprint density at radius 3 is 2.36 bits per heavy atom. The second kappa shape index (κ2) is 15.0. The Morgan fingerprint density at radius 1 is 1.14 bits per heavy atom. The third-order valence-corrected chi connectivity index (χ3v) is 9.50. The number of carbonyl (C=O) groups excluding carboxylic acids is 2. The number of benzene rings is 2. The minimum atomic E-state index is -4.12. The summed E-state index contributed by atoms with van der Waals surface area (Å²) in [6, 6.07) is 13.6. The number of methoxy groups -OCH3 is 1. The van der Waals surface area contributed by atoms with E-state index in [-0.39, 0.29) is 36.8 Å². The summed E-state index contributed by atoms with van der Waals surface area (Å²) >= 11 is 0. The van der Waals surface area contributed by atoms with Crippen LogP contribution in [0.2, 0.25) is 0 Å². The molecule has 1 amide bonds. The van der Waals surface area contributed by atoms with E-state index < -0.39 is 39.7 Å². The minimum absolute atomic E-state index is 0.0237. The number of nitrogens with zero attached hydrogens (tertiary/aromatic N) is 2. The molecule has 2 aromatic carbocycles. The number of aliphatic hydroxyl groups excluding tert-OH is 1. The van der Waals surface area contributed by atoms with E-state index in [4.69, 9.17) is 9.47 Å². The number of sulfonamides is 1. The van der Waals surface area contributed by atoms with E-state index in [9.17, 15) is 28.2 Å². The molecule has 0 bridgehead atoms. The highest BCUT2D eigenvalue weighted by atomic mass is 32.2. The lowest BCUT2D eigenvalue weighted by Gasteiger charge is -2.42. The number of aliphatic hydroxyl groups is 1. The normalized spacial score (nSPS) is 17.1. The van der Waals surface area contributed by atoms with Crippen molar-refractivity contribution in [3.8, 4) is 5.75 Å². The molecule has 0 spiro atoms. The number of Topliss-reactive ketones (excluding diaryl/α,β-unsaturated/α-hetero) is 1. The van der Waals surface area contributed by atoms with Crippen molar-refractivity contribution < 1.29 is 37.7 Å². The van der Waals surface area contributed by atoms with Crippen molar-refractivity contribution in [3.63, 3.8) is 0 Å². The molecule has 10 nitrogen and oxygen atoms in total. The molecular formula is C31H43N2O8S-. The van der Waals surface area contributed by atoms with Crippen LogP contribution in [0.1, 0.15) is 52.0 Å². The molecule has 1 aliphatic rings. The molecule has 1 heterocycles. The van der Waals surface area contributed by atoms with Gasteiger partial charge in [0, 0.05) is 26.1 Å². The first-order valence-corrected chi connectivity index (χ1v) is 15.7. The molecule has 11 heteroatoms. The highest BCUT2D eigenvalue weighted by Crippen LogP contribution is 2.30. The van der Waals surface area contributed by atoms with Crippen LogP contribution in [0.4, 0.5) is 4.79 Å². The predicted octanol–water partition coefficient (Wildman–Crippen LogP) is 2.88. The number of ketones is 1. The molecular weight excluding hydrogens is 560 g/mol. The van der Waals surface area contributed by atoms with Crippen LogP contribution in [0.5, 0.6) is 5.75 Å². The van der Waals surface area contributed by atoms with Crippen molar-refractivity contribution in [3.05, 3.63) is 60.2 Å². The minimum Gasteiger partial charge on any atom is -0.530 e. The molecule has 0 aliphatic carbocycles. The second-order valence-electron chi connectivity index (χ2n) is 11.7. The van der Waals surface area contributed by atoms with Crippen LogP contribution in [0, 0.1) is 5.41 Å². The monoisotopic (exact) mass is 603 g/mol. The lowest BCUT2D eigenvalue weighted by molar-refractivity contribution is -0.272. The fourth-order valence-electron chi connectivity index (χ4n) is 5.42. The van der Waals surface area contributed by atoms with E-state index in [0.717, 1.165) is 10.5 Å². The maximum Gasteiger partial charge on any atom is 0.243 e. The number of ether oxygens (including phenoxy) is 2. The number of amides is 1. The summed E-state index contributed by atoms with van der Waals surface area (Å²) < 4.78 is 39.9. The number of carbonyl (C=O) groups is 2. The average Bonchev–Trinajstić information content (AvgIpc) is 3.46. The van der Waals surface area contributed by atoms with E-state index in [0.29, 0.717) is 38.0 Å². The van der Waals surface area contributed by atoms with Crippen LogP contribution in [0.3, 0.4) is 0 Å². The number of hydrogen-bond donors (Lipinski definition) is 1. The van der Waals surface area contributed by atoms with Gasteiger partial charge in [0.15, 0.2) is 0 Å². The lowest BCUT2D eigenvalue weighted by Crippen LogP contribution is -2.59. The second-order valence-corrected chi connectivity index (χ2v) is 13.6. The summed E-state index contributed by atoms with van der Waals surface area (Å²) in [6.45, 7) is 5.61. The van der Waals surface area contributed by atoms with E-state index in [1.165, 1.54) is 30.5 Å². The molecule has 2 aromatic rings. The van der Waals surface area contributed by atoms with Gasteiger partial charge in [-0.05, 0) is 67.9 Å². The van der Waals surface area contributed by atoms with Gasteiger partial charge in [0.05, 0.1) is 36.8 Å². The molecule has 232 valence electrons. The smallest absolute Gasteiger partial charge is 0.243 e. The highest BCUT2D eigenvalue weighted by molar-refractivity contribution is 7.89. The first kappa shape index (κ1) is 33.5. The Balaban J connectivity index is 1.98. The van der Waals surface area contributed by atoms with Crippen molar-refractivity contribution in [1.29, 1.82) is 0 Å². The summed E-state index contributed by atoms with van der Waals surface area (Å²) in [5.41, 5.74) is 0.248. The molecule has 0 aromatic heterocycles. The van der Waals surface area contributed by atoms with E-state index in [2.05, 4.69) is 0 Å². The number of hydrogen-bond acceptors (Lipinski definition) is 8. The maximum atomic E-state index is 14.0. The van der Waals surface area contributed by atoms with Crippen molar-refractivity contribution >= 4 is 21.9 Å². The summed E-state index contributed by atoms with van der Waals surface area (Å²) in [5.74, 6) is 0.558. The molecule has 1 aliphatic heterocycles. The molecule has 42 heavy (non-hydrogen) atoms. The van der Waals surface area contributed by atoms with E-state index in [1.54, 1.807) is 12.1 Å². The summed E-state index contributed by atoms with van der Waals surface area (Å²) in [4.78, 5) is 25.1. The first-order chi connectivity index (χ1) is 19.8. The number of carboxylic acid groups (broad SMARTS) is 1. The third-order valence-electron chi connectivity index (χ3n) is 7.67. The molecule has 1 N–H and O–H groups in total. The largest absolute Gasteiger partial charge is 0.530 e. The molecule has 0 unspecified atom stereocenters. The molecule has 0 radical (unpaired) electrons. The third kappa shape index (κ3) is 9.26. The van der Waals surface area contributed by atoms with Crippen LogP contribution in [0.15, 0.2) is 59.5 Å². The predicted molar refractivity (Wildman–Crippen MR) is 156 cm³/mol. The zero-order valence-corrected chi connectivity index (χ0v) is 25.7. The zero-order valence-electron chi connectivity index (χ0n) is 24.9. The van der Waals surface area contributed by atoms with Gasteiger partial charge in [-0.25, -0.2) is 8.42 Å². The summed E-state index contributed by atoms with van der Waals surface area (Å²) in [6.07, 6.45) is -0.661. The van der Waals surface area contributed by atoms with Gasteiger partial charge >= 0.3 is 0 Å². The summed E-state index contributed by atoms with van der Waals surface area (Å²) in [7, 11) is -2.64. The van der Waals surface area contributed by atoms with Crippen molar-refractivity contribution in [1.82, 2.24) is 9.21 Å². The van der Waals surface area contributed by atoms with Gasteiger partial charge in [-0.2, -0.15) is 4.31 Å². The van der Waals surface area contributed by atoms with Gasteiger partial charge in [0.2, 0.25) is 10.0 Å². The van der Waals surface area contributed by atoms with Crippen LogP contribution >= 0.6 is 0 Å². The van der Waals surface area contributed by atoms with Gasteiger partial charge in [-0.15, -0.1) is 0 Å². The first-order valence-electron chi connectivity index (χ1n) is 14.3. The zero-order chi connectivity index (χ0) is 30.9. The van der Waals surface area contributed by atoms with Crippen LogP contribution in [-0.2, 0) is 26.0 Å². The van der Waals surface area contributed by atoms with Crippen LogP contribution in [0.25, 0.3) is 0 Å². The van der Waals surface area contributed by atoms with Gasteiger partial charge in [-0.1, -0.05) is 44.2 Å². The SMILES string of the molecule is COc1ccc(S(=O)(=O)N(C[C@@H](O)[C@H](Cc2ccccc2)N(C(=O)[O-])[C@H]2CCOC2)CC(C)(C)CCCC(C)=O)cc1. The van der Waals surface area contributed by atoms with Gasteiger partial charge < -0.3 is 34.2 Å². The molecule has 1 fully saturated rings. The Kier molecular flexibility index (Phi) is 11.9. The topological polar surface area (TPSA) is 137 Å². The van der Waals surface area contributed by atoms with Crippen molar-refractivity contribution in [2.45, 2.75) is 76.0 Å². The maximum absolute atomic E-state index is 14.0. The average molecular weight is 604 g/mol. The Bertz CT molecular complexity index is 1260. The quantitative estimate of drug-likeness (QED) is 0.309. The number of rotatable bonds is 16. The molecule has 0 saturated carbocycles. The fourth-order valence-corrected chi connectivity index (χ4v) is 7.07. The Morgan fingerprint density at radius 2 is 1.81 bits per heavy atom. The van der Waals surface area contributed by atoms with Gasteiger partial charge in [0.25, 0.3) is 0 Å². The van der Waals surface area contributed by atoms with Gasteiger partial charge in [0.1, 0.15) is 17.6 Å². The molecule has 3 atom stereocenters. The highest BCUT2D eigenvalue weighted by Gasteiger charge is 2.38. The van der Waals surface area contributed by atoms with Crippen molar-refractivity contribution in [2.75, 3.05) is 33.4 Å². The lowest BCUT2D eigenvalue weighted by atomic mass is 9.86. The fraction of sp³-hybridized carbons (Fsp3) is 0.548. The Hall–Kier alpha value is -2.99. The summed E-state index contributed by atoms with van der Waals surface area (Å²) in [5, 5.41) is 24.2. The van der Waals surface area contributed by atoms with Crippen molar-refractivity contribution in [2.24, 2.45) is 5.41 Å². The Labute approximate surface area is 249 Å². The van der Waals surface area contributed by atoms with E-state index in [1.807, 2.05) is 44.2 Å².